The number of hydrogen-bond donors (Lipinski definition) is 1. The first kappa shape index (κ1) is 14.8. The second-order valence-corrected chi connectivity index (χ2v) is 5.28. The summed E-state index contributed by atoms with van der Waals surface area (Å²) >= 11 is 0. The first-order valence-electron chi connectivity index (χ1n) is 7.07. The minimum Gasteiger partial charge on any atom is -0.479 e. The van der Waals surface area contributed by atoms with Crippen molar-refractivity contribution in [1.82, 2.24) is 10.3 Å². The first-order chi connectivity index (χ1) is 10.6. The van der Waals surface area contributed by atoms with E-state index in [1.807, 2.05) is 0 Å². The molecule has 0 spiro atoms. The second-order valence-electron chi connectivity index (χ2n) is 5.28. The van der Waals surface area contributed by atoms with Crippen LogP contribution in [0, 0.1) is 23.4 Å². The maximum Gasteiger partial charge on any atom is 0.191 e. The molecular weight excluding hydrogens is 293 g/mol. The van der Waals surface area contributed by atoms with E-state index in [2.05, 4.69) is 10.3 Å². The number of halogens is 3. The SMILES string of the molecule is Fc1cc(F)c(OC(c2cccnc2)C2CCNC2)c(F)c1. The number of hydrogen-bond acceptors (Lipinski definition) is 3. The Morgan fingerprint density at radius 3 is 2.59 bits per heavy atom. The van der Waals surface area contributed by atoms with Crippen molar-refractivity contribution in [3.05, 3.63) is 59.7 Å². The van der Waals surface area contributed by atoms with Crippen LogP contribution in [0.1, 0.15) is 18.1 Å². The van der Waals surface area contributed by atoms with Gasteiger partial charge in [-0.3, -0.25) is 4.98 Å². The van der Waals surface area contributed by atoms with Gasteiger partial charge in [0.25, 0.3) is 0 Å². The number of nitrogens with one attached hydrogen (secondary N) is 1. The van der Waals surface area contributed by atoms with Crippen LogP contribution in [0.2, 0.25) is 0 Å². The van der Waals surface area contributed by atoms with Crippen LogP contribution in [-0.4, -0.2) is 18.1 Å². The topological polar surface area (TPSA) is 34.1 Å². The molecule has 0 amide bonds. The summed E-state index contributed by atoms with van der Waals surface area (Å²) in [5, 5.41) is 3.20. The summed E-state index contributed by atoms with van der Waals surface area (Å²) in [6.45, 7) is 1.50. The summed E-state index contributed by atoms with van der Waals surface area (Å²) in [6, 6.07) is 4.78. The van der Waals surface area contributed by atoms with E-state index >= 15 is 0 Å². The Kier molecular flexibility index (Phi) is 4.29. The Bertz CT molecular complexity index is 622. The van der Waals surface area contributed by atoms with Crippen molar-refractivity contribution in [2.45, 2.75) is 12.5 Å². The molecule has 1 aliphatic heterocycles. The van der Waals surface area contributed by atoms with Crippen LogP contribution < -0.4 is 10.1 Å². The Hall–Kier alpha value is -2.08. The number of ether oxygens (including phenoxy) is 1. The van der Waals surface area contributed by atoms with Crippen molar-refractivity contribution in [1.29, 1.82) is 0 Å². The van der Waals surface area contributed by atoms with E-state index < -0.39 is 29.3 Å². The summed E-state index contributed by atoms with van der Waals surface area (Å²) in [6.07, 6.45) is 3.51. The fraction of sp³-hybridized carbons (Fsp3) is 0.312. The molecule has 0 aliphatic carbocycles. The van der Waals surface area contributed by atoms with Crippen molar-refractivity contribution in [3.63, 3.8) is 0 Å². The van der Waals surface area contributed by atoms with Crippen LogP contribution in [0.25, 0.3) is 0 Å². The molecule has 1 N–H and O–H groups in total. The van der Waals surface area contributed by atoms with Crippen molar-refractivity contribution in [3.8, 4) is 5.75 Å². The molecule has 6 heteroatoms. The van der Waals surface area contributed by atoms with Gasteiger partial charge in [0.1, 0.15) is 11.9 Å². The predicted molar refractivity (Wildman–Crippen MR) is 74.9 cm³/mol. The number of pyridine rings is 1. The number of benzene rings is 1. The van der Waals surface area contributed by atoms with E-state index in [1.54, 1.807) is 24.5 Å². The van der Waals surface area contributed by atoms with Crippen LogP contribution in [0.4, 0.5) is 13.2 Å². The molecule has 1 saturated heterocycles. The zero-order valence-electron chi connectivity index (χ0n) is 11.7. The molecule has 1 fully saturated rings. The van der Waals surface area contributed by atoms with Crippen LogP contribution in [0.3, 0.4) is 0 Å². The zero-order chi connectivity index (χ0) is 15.5. The Morgan fingerprint density at radius 1 is 1.23 bits per heavy atom. The highest BCUT2D eigenvalue weighted by atomic mass is 19.1. The molecule has 3 rings (SSSR count). The molecule has 2 heterocycles. The van der Waals surface area contributed by atoms with Crippen molar-refractivity contribution < 1.29 is 17.9 Å². The van der Waals surface area contributed by atoms with E-state index in [4.69, 9.17) is 4.74 Å². The molecule has 1 aromatic heterocycles. The predicted octanol–water partition coefficient (Wildman–Crippen LogP) is 3.23. The van der Waals surface area contributed by atoms with Gasteiger partial charge >= 0.3 is 0 Å². The molecule has 1 aromatic carbocycles. The molecule has 2 aromatic rings. The fourth-order valence-electron chi connectivity index (χ4n) is 2.68. The van der Waals surface area contributed by atoms with Gasteiger partial charge in [-0.15, -0.1) is 0 Å². The first-order valence-corrected chi connectivity index (χ1v) is 7.07. The van der Waals surface area contributed by atoms with E-state index in [1.165, 1.54) is 0 Å². The lowest BCUT2D eigenvalue weighted by Crippen LogP contribution is -2.22. The average molecular weight is 308 g/mol. The molecule has 2 unspecified atom stereocenters. The maximum absolute atomic E-state index is 13.8. The minimum atomic E-state index is -1.04. The maximum atomic E-state index is 13.8. The van der Waals surface area contributed by atoms with E-state index in [-0.39, 0.29) is 5.92 Å². The summed E-state index contributed by atoms with van der Waals surface area (Å²) in [5.74, 6) is -3.55. The highest BCUT2D eigenvalue weighted by Gasteiger charge is 2.30. The highest BCUT2D eigenvalue weighted by Crippen LogP contribution is 2.34. The van der Waals surface area contributed by atoms with Gasteiger partial charge in [0.05, 0.1) is 0 Å². The summed E-state index contributed by atoms with van der Waals surface area (Å²) in [4.78, 5) is 4.03. The molecule has 22 heavy (non-hydrogen) atoms. The minimum absolute atomic E-state index is 0.0630. The van der Waals surface area contributed by atoms with Crippen molar-refractivity contribution >= 4 is 0 Å². The largest absolute Gasteiger partial charge is 0.479 e. The van der Waals surface area contributed by atoms with Gasteiger partial charge in [0.2, 0.25) is 0 Å². The van der Waals surface area contributed by atoms with Crippen molar-refractivity contribution in [2.75, 3.05) is 13.1 Å². The zero-order valence-corrected chi connectivity index (χ0v) is 11.7. The van der Waals surface area contributed by atoms with Crippen LogP contribution in [0.15, 0.2) is 36.7 Å². The van der Waals surface area contributed by atoms with Gasteiger partial charge in [0, 0.05) is 42.6 Å². The lowest BCUT2D eigenvalue weighted by atomic mass is 9.96. The highest BCUT2D eigenvalue weighted by molar-refractivity contribution is 5.28. The molecular formula is C16H15F3N2O. The number of aromatic nitrogens is 1. The quantitative estimate of drug-likeness (QED) is 0.941. The third-order valence-corrected chi connectivity index (χ3v) is 3.75. The fourth-order valence-corrected chi connectivity index (χ4v) is 2.68. The average Bonchev–Trinajstić information content (AvgIpc) is 3.01. The lowest BCUT2D eigenvalue weighted by molar-refractivity contribution is 0.131. The lowest BCUT2D eigenvalue weighted by Gasteiger charge is -2.25. The second kappa shape index (κ2) is 6.36. The standard InChI is InChI=1S/C16H15F3N2O/c17-12-6-13(18)16(14(19)7-12)22-15(11-3-5-21-9-11)10-2-1-4-20-8-10/h1-2,4,6-8,11,15,21H,3,5,9H2. The molecule has 2 atom stereocenters. The normalized spacial score (nSPS) is 19.1. The van der Waals surface area contributed by atoms with Gasteiger partial charge in [-0.1, -0.05) is 6.07 Å². The molecule has 1 aliphatic rings. The Balaban J connectivity index is 1.94. The summed E-state index contributed by atoms with van der Waals surface area (Å²) in [7, 11) is 0. The molecule has 0 radical (unpaired) electrons. The van der Waals surface area contributed by atoms with Gasteiger partial charge in [-0.2, -0.15) is 0 Å². The van der Waals surface area contributed by atoms with Gasteiger partial charge in [-0.25, -0.2) is 13.2 Å². The number of rotatable bonds is 4. The van der Waals surface area contributed by atoms with Gasteiger partial charge in [-0.05, 0) is 19.0 Å². The Morgan fingerprint density at radius 2 is 2.00 bits per heavy atom. The van der Waals surface area contributed by atoms with Crippen LogP contribution in [-0.2, 0) is 0 Å². The third-order valence-electron chi connectivity index (χ3n) is 3.75. The van der Waals surface area contributed by atoms with Gasteiger partial charge in [0.15, 0.2) is 17.4 Å². The molecule has 3 nitrogen and oxygen atoms in total. The molecule has 116 valence electrons. The Labute approximate surface area is 126 Å². The van der Waals surface area contributed by atoms with E-state index in [9.17, 15) is 13.2 Å². The third kappa shape index (κ3) is 3.06. The summed E-state index contributed by atoms with van der Waals surface area (Å²) < 4.78 is 46.3. The van der Waals surface area contributed by atoms with Crippen LogP contribution in [0.5, 0.6) is 5.75 Å². The van der Waals surface area contributed by atoms with E-state index in [0.29, 0.717) is 18.7 Å². The van der Waals surface area contributed by atoms with Gasteiger partial charge < -0.3 is 10.1 Å². The molecule has 0 saturated carbocycles. The van der Waals surface area contributed by atoms with E-state index in [0.717, 1.165) is 18.5 Å². The monoisotopic (exact) mass is 308 g/mol. The molecule has 0 bridgehead atoms. The summed E-state index contributed by atoms with van der Waals surface area (Å²) in [5.41, 5.74) is 0.735. The van der Waals surface area contributed by atoms with Crippen LogP contribution >= 0.6 is 0 Å². The smallest absolute Gasteiger partial charge is 0.191 e. The van der Waals surface area contributed by atoms with Crippen molar-refractivity contribution in [2.24, 2.45) is 5.92 Å². The number of nitrogens with zero attached hydrogens (tertiary/aromatic N) is 1.